The average molecular weight is 647 g/mol. The van der Waals surface area contributed by atoms with Crippen LogP contribution >= 0.6 is 11.6 Å². The highest BCUT2D eigenvalue weighted by molar-refractivity contribution is 7.92. The first kappa shape index (κ1) is 31.6. The number of rotatable bonds is 2. The summed E-state index contributed by atoms with van der Waals surface area (Å²) in [5.41, 5.74) is 4.75. The third kappa shape index (κ3) is 6.33. The maximum atomic E-state index is 14.0. The van der Waals surface area contributed by atoms with Crippen molar-refractivity contribution in [3.8, 4) is 0 Å². The van der Waals surface area contributed by atoms with Gasteiger partial charge in [0, 0.05) is 13.1 Å². The first-order valence-corrected chi connectivity index (χ1v) is 15.7. The van der Waals surface area contributed by atoms with Crippen LogP contribution in [0.1, 0.15) is 40.7 Å². The van der Waals surface area contributed by atoms with Crippen LogP contribution in [-0.4, -0.2) is 50.8 Å². The molecular formula is C31H30ClF3N4O4S. The van der Waals surface area contributed by atoms with E-state index < -0.39 is 45.2 Å². The molecular weight excluding hydrogens is 617 g/mol. The number of hydrogen-bond donors (Lipinski definition) is 2. The number of hydrogen-bond acceptors (Lipinski definition) is 5. The van der Waals surface area contributed by atoms with Gasteiger partial charge in [0.2, 0.25) is 5.91 Å². The Morgan fingerprint density at radius 3 is 2.45 bits per heavy atom. The SMILES string of the molecule is NC1CC/C=C/CN(c2cccc(C(F)(F)F)c2)S(=O)(=O)c2ccc(Cl)c(c2)C(=O)N2CCC(c3ccccc3)(C2)NC1=O. The number of carbonyl (C=O) groups excluding carboxylic acids is 2. The molecule has 0 radical (unpaired) electrons. The van der Waals surface area contributed by atoms with Gasteiger partial charge < -0.3 is 16.0 Å². The summed E-state index contributed by atoms with van der Waals surface area (Å²) < 4.78 is 69.4. The third-order valence-corrected chi connectivity index (χ3v) is 10.0. The lowest BCUT2D eigenvalue weighted by Crippen LogP contribution is -2.53. The van der Waals surface area contributed by atoms with Crippen LogP contribution in [0, 0.1) is 0 Å². The van der Waals surface area contributed by atoms with E-state index in [1.807, 2.05) is 30.3 Å². The Morgan fingerprint density at radius 1 is 0.977 bits per heavy atom. The molecule has 232 valence electrons. The molecule has 3 aromatic carbocycles. The van der Waals surface area contributed by atoms with Gasteiger partial charge in [0.1, 0.15) is 0 Å². The second-order valence-corrected chi connectivity index (χ2v) is 13.1. The van der Waals surface area contributed by atoms with E-state index in [1.165, 1.54) is 29.2 Å². The molecule has 0 aliphatic carbocycles. The van der Waals surface area contributed by atoms with E-state index in [2.05, 4.69) is 5.32 Å². The maximum Gasteiger partial charge on any atom is 0.416 e. The summed E-state index contributed by atoms with van der Waals surface area (Å²) in [6, 6.07) is 15.9. The molecule has 3 aromatic rings. The smallest absolute Gasteiger partial charge is 0.343 e. The van der Waals surface area contributed by atoms with Crippen molar-refractivity contribution < 1.29 is 31.2 Å². The van der Waals surface area contributed by atoms with E-state index in [0.29, 0.717) is 12.8 Å². The third-order valence-electron chi connectivity index (χ3n) is 7.88. The number of alkyl halides is 3. The lowest BCUT2D eigenvalue weighted by atomic mass is 9.88. The van der Waals surface area contributed by atoms with E-state index in [9.17, 15) is 31.2 Å². The highest BCUT2D eigenvalue weighted by Gasteiger charge is 2.44. The van der Waals surface area contributed by atoms with Gasteiger partial charge in [-0.1, -0.05) is 60.2 Å². The standard InChI is InChI=1S/C31H30ClF3N4O4S/c32-26-14-13-24-19-25(26)29(41)38-17-15-30(20-38,21-8-3-1-4-9-21)37-28(40)27(36)12-5-2-6-16-39(44(24,42)43)23-11-7-10-22(18-23)31(33,34)35/h1-4,6-11,13-14,18-19,27H,5,12,15-17,20,36H2,(H,37,40)/b6-2+. The molecule has 0 saturated carbocycles. The Bertz CT molecular complexity index is 1700. The number of carbonyl (C=O) groups is 2. The summed E-state index contributed by atoms with van der Waals surface area (Å²) in [5.74, 6) is -0.965. The predicted molar refractivity (Wildman–Crippen MR) is 161 cm³/mol. The van der Waals surface area contributed by atoms with Crippen molar-refractivity contribution >= 4 is 39.1 Å². The molecule has 2 unspecified atom stereocenters. The van der Waals surface area contributed by atoms with Crippen LogP contribution in [0.15, 0.2) is 89.8 Å². The summed E-state index contributed by atoms with van der Waals surface area (Å²) in [4.78, 5) is 28.3. The molecule has 1 saturated heterocycles. The first-order valence-electron chi connectivity index (χ1n) is 13.9. The van der Waals surface area contributed by atoms with Gasteiger partial charge in [-0.05, 0) is 61.2 Å². The van der Waals surface area contributed by atoms with Crippen LogP contribution in [0.25, 0.3) is 0 Å². The monoisotopic (exact) mass is 646 g/mol. The molecule has 5 rings (SSSR count). The van der Waals surface area contributed by atoms with Gasteiger partial charge in [0.05, 0.1) is 44.9 Å². The van der Waals surface area contributed by atoms with Crippen LogP contribution in [-0.2, 0) is 26.5 Å². The zero-order chi connectivity index (χ0) is 31.7. The Labute approximate surface area is 258 Å². The topological polar surface area (TPSA) is 113 Å². The van der Waals surface area contributed by atoms with Gasteiger partial charge in [-0.3, -0.25) is 13.9 Å². The second kappa shape index (κ2) is 12.3. The predicted octanol–water partition coefficient (Wildman–Crippen LogP) is 5.09. The quantitative estimate of drug-likeness (QED) is 0.377. The van der Waals surface area contributed by atoms with Crippen molar-refractivity contribution in [3.63, 3.8) is 0 Å². The first-order chi connectivity index (χ1) is 20.8. The summed E-state index contributed by atoms with van der Waals surface area (Å²) in [6.07, 6.45) is -0.680. The molecule has 2 aliphatic heterocycles. The number of amides is 2. The molecule has 13 heteroatoms. The number of nitrogens with zero attached hydrogens (tertiary/aromatic N) is 2. The molecule has 2 atom stereocenters. The van der Waals surface area contributed by atoms with Gasteiger partial charge in [-0.2, -0.15) is 13.2 Å². The summed E-state index contributed by atoms with van der Waals surface area (Å²) in [7, 11) is -4.48. The second-order valence-electron chi connectivity index (χ2n) is 10.8. The zero-order valence-corrected chi connectivity index (χ0v) is 25.0. The number of nitrogens with one attached hydrogen (secondary N) is 1. The summed E-state index contributed by atoms with van der Waals surface area (Å²) in [5, 5.41) is 3.07. The van der Waals surface area contributed by atoms with Crippen LogP contribution in [0.2, 0.25) is 5.02 Å². The Kier molecular flexibility index (Phi) is 8.79. The maximum absolute atomic E-state index is 14.0. The number of benzene rings is 3. The molecule has 4 bridgehead atoms. The van der Waals surface area contributed by atoms with E-state index in [-0.39, 0.29) is 47.2 Å². The van der Waals surface area contributed by atoms with Crippen molar-refractivity contribution in [1.29, 1.82) is 0 Å². The van der Waals surface area contributed by atoms with Crippen molar-refractivity contribution in [2.24, 2.45) is 5.73 Å². The normalized spacial score (nSPS) is 23.6. The van der Waals surface area contributed by atoms with Gasteiger partial charge in [0.15, 0.2) is 0 Å². The van der Waals surface area contributed by atoms with Gasteiger partial charge in [-0.25, -0.2) is 8.42 Å². The average Bonchev–Trinajstić information content (AvgIpc) is 3.43. The van der Waals surface area contributed by atoms with Gasteiger partial charge in [0.25, 0.3) is 15.9 Å². The molecule has 3 N–H and O–H groups in total. The molecule has 2 heterocycles. The van der Waals surface area contributed by atoms with Gasteiger partial charge in [-0.15, -0.1) is 0 Å². The molecule has 2 aliphatic rings. The molecule has 0 aromatic heterocycles. The van der Waals surface area contributed by atoms with E-state index >= 15 is 0 Å². The molecule has 1 fully saturated rings. The van der Waals surface area contributed by atoms with E-state index in [4.69, 9.17) is 17.3 Å². The number of anilines is 1. The van der Waals surface area contributed by atoms with Crippen molar-refractivity contribution in [2.75, 3.05) is 23.9 Å². The fourth-order valence-corrected chi connectivity index (χ4v) is 7.11. The largest absolute Gasteiger partial charge is 0.416 e. The minimum atomic E-state index is -4.70. The molecule has 44 heavy (non-hydrogen) atoms. The fraction of sp³-hybridized carbons (Fsp3) is 0.290. The molecule has 0 spiro atoms. The molecule has 8 nitrogen and oxygen atoms in total. The number of nitrogens with two attached hydrogens (primary N) is 1. The van der Waals surface area contributed by atoms with E-state index in [1.54, 1.807) is 6.08 Å². The van der Waals surface area contributed by atoms with Crippen molar-refractivity contribution in [2.45, 2.75) is 41.9 Å². The summed E-state index contributed by atoms with van der Waals surface area (Å²) >= 11 is 6.41. The number of halogens is 4. The Hall–Kier alpha value is -3.87. The van der Waals surface area contributed by atoms with Crippen LogP contribution in [0.4, 0.5) is 18.9 Å². The van der Waals surface area contributed by atoms with Gasteiger partial charge >= 0.3 is 6.18 Å². The number of fused-ring (bicyclic) bond motifs is 4. The number of sulfonamides is 1. The van der Waals surface area contributed by atoms with Crippen LogP contribution in [0.3, 0.4) is 0 Å². The summed E-state index contributed by atoms with van der Waals surface area (Å²) in [6.45, 7) is -0.00620. The van der Waals surface area contributed by atoms with E-state index in [0.717, 1.165) is 34.1 Å². The van der Waals surface area contributed by atoms with Crippen LogP contribution in [0.5, 0.6) is 0 Å². The zero-order valence-electron chi connectivity index (χ0n) is 23.4. The highest BCUT2D eigenvalue weighted by atomic mass is 35.5. The fourth-order valence-electron chi connectivity index (χ4n) is 5.48. The Balaban J connectivity index is 1.60. The highest BCUT2D eigenvalue weighted by Crippen LogP contribution is 2.36. The van der Waals surface area contributed by atoms with Crippen LogP contribution < -0.4 is 15.4 Å². The number of allylic oxidation sites excluding steroid dienone is 1. The lowest BCUT2D eigenvalue weighted by Gasteiger charge is -2.32. The minimum Gasteiger partial charge on any atom is -0.343 e. The molecule has 2 amide bonds. The van der Waals surface area contributed by atoms with Crippen molar-refractivity contribution in [3.05, 3.63) is 107 Å². The van der Waals surface area contributed by atoms with Crippen molar-refractivity contribution in [1.82, 2.24) is 10.2 Å². The Morgan fingerprint density at radius 2 is 1.73 bits per heavy atom. The lowest BCUT2D eigenvalue weighted by molar-refractivity contribution is -0.137. The minimum absolute atomic E-state index is 0.000602.